The van der Waals surface area contributed by atoms with E-state index in [9.17, 15) is 5.26 Å². The van der Waals surface area contributed by atoms with Gasteiger partial charge in [-0.2, -0.15) is 5.26 Å². The van der Waals surface area contributed by atoms with Crippen LogP contribution in [0.5, 0.6) is 0 Å². The first-order chi connectivity index (χ1) is 11.0. The number of alkyl halides is 2. The van der Waals surface area contributed by atoms with Crippen LogP contribution in [-0.2, 0) is 5.54 Å². The number of nitrogens with zero attached hydrogens (tertiary/aromatic N) is 2. The van der Waals surface area contributed by atoms with Gasteiger partial charge in [-0.05, 0) is 29.8 Å². The Morgan fingerprint density at radius 2 is 1.70 bits per heavy atom. The highest BCUT2D eigenvalue weighted by molar-refractivity contribution is 6.51. The summed E-state index contributed by atoms with van der Waals surface area (Å²) in [6.45, 7) is 2.65. The molecule has 0 saturated carbocycles. The van der Waals surface area contributed by atoms with E-state index in [-0.39, 0.29) is 6.04 Å². The second-order valence-electron chi connectivity index (χ2n) is 5.55. The third kappa shape index (κ3) is 2.27. The minimum absolute atomic E-state index is 0.243. The van der Waals surface area contributed by atoms with Crippen molar-refractivity contribution in [3.63, 3.8) is 0 Å². The molecular weight excluding hydrogens is 351 g/mol. The predicted octanol–water partition coefficient (Wildman–Crippen LogP) is 5.31. The van der Waals surface area contributed by atoms with Crippen molar-refractivity contribution in [3.8, 4) is 6.07 Å². The standard InChI is InChI=1S/C18H15Cl3N2/c1-2-23-16(13-6-4-3-5-7-13)18(20,21)17(23,12-22)14-8-10-15(19)11-9-14/h3-11,16H,2H2,1H3/t16-,17+/m0/s1. The lowest BCUT2D eigenvalue weighted by atomic mass is 9.71. The van der Waals surface area contributed by atoms with Crippen molar-refractivity contribution in [2.75, 3.05) is 6.54 Å². The summed E-state index contributed by atoms with van der Waals surface area (Å²) < 4.78 is -1.26. The van der Waals surface area contributed by atoms with E-state index in [0.717, 1.165) is 11.1 Å². The van der Waals surface area contributed by atoms with Crippen molar-refractivity contribution >= 4 is 34.8 Å². The molecule has 1 saturated heterocycles. The number of nitriles is 1. The Morgan fingerprint density at radius 1 is 1.09 bits per heavy atom. The summed E-state index contributed by atoms with van der Waals surface area (Å²) in [7, 11) is 0. The van der Waals surface area contributed by atoms with Crippen LogP contribution in [0.2, 0.25) is 5.02 Å². The molecule has 0 N–H and O–H groups in total. The van der Waals surface area contributed by atoms with Gasteiger partial charge in [0.15, 0.2) is 9.87 Å². The molecule has 0 amide bonds. The second kappa shape index (κ2) is 6.00. The highest BCUT2D eigenvalue weighted by atomic mass is 35.5. The fourth-order valence-electron chi connectivity index (χ4n) is 3.41. The molecule has 2 aromatic carbocycles. The summed E-state index contributed by atoms with van der Waals surface area (Å²) in [5.41, 5.74) is 0.651. The van der Waals surface area contributed by atoms with E-state index in [4.69, 9.17) is 34.8 Å². The first-order valence-corrected chi connectivity index (χ1v) is 8.49. The Labute approximate surface area is 151 Å². The number of hydrogen-bond acceptors (Lipinski definition) is 2. The van der Waals surface area contributed by atoms with E-state index in [0.29, 0.717) is 11.6 Å². The molecule has 0 aromatic heterocycles. The largest absolute Gasteiger partial charge is 0.269 e. The summed E-state index contributed by atoms with van der Waals surface area (Å²) in [5, 5.41) is 10.6. The van der Waals surface area contributed by atoms with E-state index in [1.807, 2.05) is 54.3 Å². The number of likely N-dealkylation sites (tertiary alicyclic amines) is 1. The van der Waals surface area contributed by atoms with Gasteiger partial charge in [-0.1, -0.05) is 84.2 Å². The lowest BCUT2D eigenvalue weighted by Gasteiger charge is -2.62. The van der Waals surface area contributed by atoms with Gasteiger partial charge in [0.25, 0.3) is 0 Å². The van der Waals surface area contributed by atoms with Gasteiger partial charge in [-0.25, -0.2) is 0 Å². The van der Waals surface area contributed by atoms with Gasteiger partial charge in [0.1, 0.15) is 0 Å². The molecule has 23 heavy (non-hydrogen) atoms. The quantitative estimate of drug-likeness (QED) is 0.689. The predicted molar refractivity (Wildman–Crippen MR) is 94.7 cm³/mol. The topological polar surface area (TPSA) is 27.0 Å². The first kappa shape index (κ1) is 16.6. The van der Waals surface area contributed by atoms with Gasteiger partial charge >= 0.3 is 0 Å². The van der Waals surface area contributed by atoms with Crippen molar-refractivity contribution in [3.05, 3.63) is 70.7 Å². The lowest BCUT2D eigenvalue weighted by Crippen LogP contribution is -2.72. The number of halogens is 3. The number of rotatable bonds is 3. The van der Waals surface area contributed by atoms with Gasteiger partial charge in [0, 0.05) is 5.02 Å². The molecule has 3 rings (SSSR count). The Bertz CT molecular complexity index is 737. The zero-order valence-electron chi connectivity index (χ0n) is 12.5. The zero-order chi connectivity index (χ0) is 16.7. The van der Waals surface area contributed by atoms with Crippen LogP contribution >= 0.6 is 34.8 Å². The van der Waals surface area contributed by atoms with Crippen molar-refractivity contribution in [1.29, 1.82) is 5.26 Å². The highest BCUT2D eigenvalue weighted by Crippen LogP contribution is 2.65. The van der Waals surface area contributed by atoms with Crippen LogP contribution in [0.4, 0.5) is 0 Å². The lowest BCUT2D eigenvalue weighted by molar-refractivity contribution is -0.0511. The third-order valence-corrected chi connectivity index (χ3v) is 5.66. The minimum Gasteiger partial charge on any atom is -0.269 e. The van der Waals surface area contributed by atoms with Gasteiger partial charge in [-0.15, -0.1) is 0 Å². The summed E-state index contributed by atoms with van der Waals surface area (Å²) in [6, 6.07) is 19.1. The van der Waals surface area contributed by atoms with Crippen molar-refractivity contribution in [2.24, 2.45) is 0 Å². The number of hydrogen-bond donors (Lipinski definition) is 0. The Hall–Kier alpha value is -1.24. The van der Waals surface area contributed by atoms with Crippen LogP contribution in [0, 0.1) is 11.3 Å². The Morgan fingerprint density at radius 3 is 2.22 bits per heavy atom. The van der Waals surface area contributed by atoms with Crippen molar-refractivity contribution < 1.29 is 0 Å². The zero-order valence-corrected chi connectivity index (χ0v) is 14.8. The molecular formula is C18H15Cl3N2. The molecule has 118 valence electrons. The van der Waals surface area contributed by atoms with Crippen LogP contribution in [0.3, 0.4) is 0 Å². The van der Waals surface area contributed by atoms with Crippen LogP contribution in [-0.4, -0.2) is 15.8 Å². The molecule has 2 atom stereocenters. The van der Waals surface area contributed by atoms with Gasteiger partial charge < -0.3 is 0 Å². The fraction of sp³-hybridized carbons (Fsp3) is 0.278. The van der Waals surface area contributed by atoms with Crippen LogP contribution in [0.15, 0.2) is 54.6 Å². The fourth-order valence-corrected chi connectivity index (χ4v) is 4.54. The third-order valence-electron chi connectivity index (χ3n) is 4.45. The van der Waals surface area contributed by atoms with E-state index in [1.165, 1.54) is 0 Å². The molecule has 1 aliphatic rings. The second-order valence-corrected chi connectivity index (χ2v) is 7.37. The van der Waals surface area contributed by atoms with E-state index < -0.39 is 9.87 Å². The highest BCUT2D eigenvalue weighted by Gasteiger charge is 2.71. The Kier molecular flexibility index (Phi) is 4.33. The molecule has 1 fully saturated rings. The van der Waals surface area contributed by atoms with Gasteiger partial charge in [-0.3, -0.25) is 4.90 Å². The minimum atomic E-state index is -1.26. The summed E-state index contributed by atoms with van der Waals surface area (Å²) in [5.74, 6) is 0. The maximum atomic E-state index is 9.97. The molecule has 0 unspecified atom stereocenters. The van der Waals surface area contributed by atoms with Crippen molar-refractivity contribution in [1.82, 2.24) is 4.90 Å². The van der Waals surface area contributed by atoms with Crippen molar-refractivity contribution in [2.45, 2.75) is 22.8 Å². The summed E-state index contributed by atoms with van der Waals surface area (Å²) in [4.78, 5) is 2.03. The van der Waals surface area contributed by atoms with Crippen LogP contribution in [0.1, 0.15) is 24.1 Å². The molecule has 0 bridgehead atoms. The molecule has 1 aliphatic heterocycles. The Balaban J connectivity index is 2.12. The molecule has 0 spiro atoms. The normalized spacial score (nSPS) is 26.3. The van der Waals surface area contributed by atoms with E-state index >= 15 is 0 Å². The van der Waals surface area contributed by atoms with Crippen LogP contribution < -0.4 is 0 Å². The molecule has 1 heterocycles. The van der Waals surface area contributed by atoms with Crippen LogP contribution in [0.25, 0.3) is 0 Å². The maximum absolute atomic E-state index is 9.97. The maximum Gasteiger partial charge on any atom is 0.173 e. The molecule has 5 heteroatoms. The first-order valence-electron chi connectivity index (χ1n) is 7.36. The van der Waals surface area contributed by atoms with E-state index in [2.05, 4.69) is 6.07 Å². The molecule has 2 nitrogen and oxygen atoms in total. The average molecular weight is 366 g/mol. The monoisotopic (exact) mass is 364 g/mol. The average Bonchev–Trinajstić information content (AvgIpc) is 2.56. The SMILES string of the molecule is CCN1[C@@H](c2ccccc2)C(Cl)(Cl)[C@@]1(C#N)c1ccc(Cl)cc1. The summed E-state index contributed by atoms with van der Waals surface area (Å²) in [6.07, 6.45) is 0. The van der Waals surface area contributed by atoms with E-state index in [1.54, 1.807) is 12.1 Å². The van der Waals surface area contributed by atoms with Gasteiger partial charge in [0.2, 0.25) is 0 Å². The molecule has 2 aromatic rings. The number of benzene rings is 2. The molecule has 0 aliphatic carbocycles. The summed E-state index contributed by atoms with van der Waals surface area (Å²) >= 11 is 19.5. The van der Waals surface area contributed by atoms with Gasteiger partial charge in [0.05, 0.1) is 12.1 Å². The molecule has 0 radical (unpaired) electrons. The smallest absolute Gasteiger partial charge is 0.173 e.